The zero-order chi connectivity index (χ0) is 19.0. The van der Waals surface area contributed by atoms with Gasteiger partial charge in [-0.2, -0.15) is 8.42 Å². The maximum Gasteiger partial charge on any atom is 0.339 e. The molecule has 136 valence electrons. The first-order valence-electron chi connectivity index (χ1n) is 7.74. The summed E-state index contributed by atoms with van der Waals surface area (Å²) in [6.45, 7) is 0. The zero-order valence-corrected chi connectivity index (χ0v) is 16.8. The first-order valence-corrected chi connectivity index (χ1v) is 10.8. The van der Waals surface area contributed by atoms with Gasteiger partial charge in [0, 0.05) is 21.5 Å². The maximum absolute atomic E-state index is 12.4. The van der Waals surface area contributed by atoms with Gasteiger partial charge in [-0.1, -0.05) is 22.0 Å². The lowest BCUT2D eigenvalue weighted by atomic mass is 10.1. The minimum Gasteiger partial charge on any atom is -0.452 e. The number of thiophene rings is 1. The van der Waals surface area contributed by atoms with Gasteiger partial charge in [0.05, 0.1) is 5.56 Å². The fourth-order valence-electron chi connectivity index (χ4n) is 2.50. The van der Waals surface area contributed by atoms with Crippen LogP contribution in [-0.4, -0.2) is 14.2 Å². The Balaban J connectivity index is 1.60. The maximum atomic E-state index is 12.4. The third kappa shape index (κ3) is 3.69. The van der Waals surface area contributed by atoms with Crippen molar-refractivity contribution >= 4 is 49.2 Å². The highest BCUT2D eigenvalue weighted by molar-refractivity contribution is 9.10. The third-order valence-electron chi connectivity index (χ3n) is 3.77. The lowest BCUT2D eigenvalue weighted by molar-refractivity contribution is 0.101. The predicted molar refractivity (Wildman–Crippen MR) is 106 cm³/mol. The summed E-state index contributed by atoms with van der Waals surface area (Å²) >= 11 is 4.74. The van der Waals surface area contributed by atoms with Crippen LogP contribution in [0.1, 0.15) is 15.2 Å². The summed E-state index contributed by atoms with van der Waals surface area (Å²) in [5.74, 6) is 0.286. The van der Waals surface area contributed by atoms with Crippen LogP contribution in [0.5, 0.6) is 11.5 Å². The lowest BCUT2D eigenvalue weighted by Crippen LogP contribution is -2.09. The Kier molecular flexibility index (Phi) is 4.63. The number of allylic oxidation sites excluding steroid dienone is 1. The van der Waals surface area contributed by atoms with Gasteiger partial charge in [-0.25, -0.2) is 0 Å². The van der Waals surface area contributed by atoms with E-state index in [4.69, 9.17) is 8.92 Å². The summed E-state index contributed by atoms with van der Waals surface area (Å²) in [4.78, 5) is 13.3. The number of hydrogen-bond acceptors (Lipinski definition) is 6. The van der Waals surface area contributed by atoms with Crippen molar-refractivity contribution in [2.24, 2.45) is 0 Å². The molecule has 1 aromatic heterocycles. The molecule has 0 unspecified atom stereocenters. The molecule has 0 atom stereocenters. The summed E-state index contributed by atoms with van der Waals surface area (Å²) in [5.41, 5.74) is 0.367. The minimum atomic E-state index is -3.99. The Hall–Kier alpha value is -2.42. The molecule has 0 N–H and O–H groups in total. The molecule has 5 nitrogen and oxygen atoms in total. The lowest BCUT2D eigenvalue weighted by Gasteiger charge is -2.08. The first-order chi connectivity index (χ1) is 12.9. The van der Waals surface area contributed by atoms with E-state index in [9.17, 15) is 13.2 Å². The molecule has 2 heterocycles. The third-order valence-corrected chi connectivity index (χ3v) is 6.38. The average molecular weight is 463 g/mol. The highest BCUT2D eigenvalue weighted by Crippen LogP contribution is 2.36. The van der Waals surface area contributed by atoms with Gasteiger partial charge in [-0.3, -0.25) is 4.79 Å². The molecule has 0 fully saturated rings. The Morgan fingerprint density at radius 3 is 2.56 bits per heavy atom. The molecule has 1 aliphatic heterocycles. The van der Waals surface area contributed by atoms with Crippen molar-refractivity contribution in [1.82, 2.24) is 0 Å². The Labute approximate surface area is 168 Å². The van der Waals surface area contributed by atoms with Crippen molar-refractivity contribution < 1.29 is 22.1 Å². The van der Waals surface area contributed by atoms with E-state index in [1.807, 2.05) is 17.5 Å². The number of Topliss-reactive ketones (excluding diaryl/α,β-unsaturated/α-hetero) is 1. The van der Waals surface area contributed by atoms with E-state index in [2.05, 4.69) is 15.9 Å². The van der Waals surface area contributed by atoms with Gasteiger partial charge in [0.1, 0.15) is 16.4 Å². The van der Waals surface area contributed by atoms with Gasteiger partial charge in [-0.15, -0.1) is 11.3 Å². The Bertz CT molecular complexity index is 1150. The van der Waals surface area contributed by atoms with Gasteiger partial charge in [0.2, 0.25) is 5.78 Å². The van der Waals surface area contributed by atoms with Crippen LogP contribution in [0.25, 0.3) is 6.08 Å². The van der Waals surface area contributed by atoms with Crippen molar-refractivity contribution in [3.63, 3.8) is 0 Å². The molecule has 8 heteroatoms. The van der Waals surface area contributed by atoms with E-state index in [-0.39, 0.29) is 27.9 Å². The smallest absolute Gasteiger partial charge is 0.339 e. The molecule has 0 bridgehead atoms. The molecule has 0 saturated carbocycles. The van der Waals surface area contributed by atoms with Gasteiger partial charge in [0.25, 0.3) is 0 Å². The van der Waals surface area contributed by atoms with Crippen LogP contribution in [0, 0.1) is 0 Å². The molecular weight excluding hydrogens is 452 g/mol. The highest BCUT2D eigenvalue weighted by Gasteiger charge is 2.28. The molecule has 27 heavy (non-hydrogen) atoms. The Morgan fingerprint density at radius 1 is 1.07 bits per heavy atom. The van der Waals surface area contributed by atoms with Crippen LogP contribution in [0.3, 0.4) is 0 Å². The largest absolute Gasteiger partial charge is 0.452 e. The number of benzene rings is 2. The summed E-state index contributed by atoms with van der Waals surface area (Å²) in [7, 11) is -3.99. The number of rotatable bonds is 4. The summed E-state index contributed by atoms with van der Waals surface area (Å²) in [6, 6.07) is 14.2. The van der Waals surface area contributed by atoms with Crippen LogP contribution in [0.4, 0.5) is 0 Å². The fraction of sp³-hybridized carbons (Fsp3) is 0. The molecule has 0 amide bonds. The fourth-order valence-corrected chi connectivity index (χ4v) is 4.33. The van der Waals surface area contributed by atoms with Gasteiger partial charge in [-0.05, 0) is 47.8 Å². The van der Waals surface area contributed by atoms with Crippen molar-refractivity contribution in [2.75, 3.05) is 0 Å². The summed E-state index contributed by atoms with van der Waals surface area (Å²) < 4.78 is 36.3. The molecule has 2 aromatic carbocycles. The standard InChI is InChI=1S/C19H11BrO5S2/c20-12-3-6-15(7-4-12)27(22,23)25-13-5-8-16-17(10-13)24-18(19(16)21)11-14-2-1-9-26-14/h1-11H. The van der Waals surface area contributed by atoms with Crippen LogP contribution < -0.4 is 8.92 Å². The molecule has 0 saturated heterocycles. The molecular formula is C19H11BrO5S2. The van der Waals surface area contributed by atoms with E-state index < -0.39 is 10.1 Å². The van der Waals surface area contributed by atoms with E-state index in [1.165, 1.54) is 41.7 Å². The first kappa shape index (κ1) is 18.0. The number of carbonyl (C=O) groups excluding carboxylic acids is 1. The second-order valence-electron chi connectivity index (χ2n) is 5.60. The van der Waals surface area contributed by atoms with E-state index >= 15 is 0 Å². The van der Waals surface area contributed by atoms with Crippen LogP contribution in [0.2, 0.25) is 0 Å². The minimum absolute atomic E-state index is 0.0291. The van der Waals surface area contributed by atoms with Gasteiger partial charge < -0.3 is 8.92 Å². The van der Waals surface area contributed by atoms with E-state index in [0.29, 0.717) is 5.56 Å². The van der Waals surface area contributed by atoms with Crippen molar-refractivity contribution in [2.45, 2.75) is 4.90 Å². The van der Waals surface area contributed by atoms with Crippen molar-refractivity contribution in [3.05, 3.63) is 80.6 Å². The van der Waals surface area contributed by atoms with Gasteiger partial charge >= 0.3 is 10.1 Å². The second kappa shape index (κ2) is 6.95. The number of ether oxygens (including phenoxy) is 1. The molecule has 0 radical (unpaired) electrons. The summed E-state index contributed by atoms with van der Waals surface area (Å²) in [5, 5.41) is 1.90. The number of ketones is 1. The number of carbonyl (C=O) groups is 1. The molecule has 0 spiro atoms. The molecule has 0 aliphatic carbocycles. The van der Waals surface area contributed by atoms with E-state index in [0.717, 1.165) is 9.35 Å². The monoisotopic (exact) mass is 462 g/mol. The van der Waals surface area contributed by atoms with Crippen molar-refractivity contribution in [3.8, 4) is 11.5 Å². The predicted octanol–water partition coefficient (Wildman–Crippen LogP) is 4.89. The van der Waals surface area contributed by atoms with E-state index in [1.54, 1.807) is 18.2 Å². The second-order valence-corrected chi connectivity index (χ2v) is 9.05. The SMILES string of the molecule is O=C1C(=Cc2cccs2)Oc2cc(OS(=O)(=O)c3ccc(Br)cc3)ccc21. The normalized spacial score (nSPS) is 14.9. The Morgan fingerprint density at radius 2 is 1.85 bits per heavy atom. The van der Waals surface area contributed by atoms with Crippen LogP contribution in [-0.2, 0) is 10.1 Å². The molecule has 1 aliphatic rings. The quantitative estimate of drug-likeness (QED) is 0.407. The number of fused-ring (bicyclic) bond motifs is 1. The topological polar surface area (TPSA) is 69.7 Å². The molecule has 3 aromatic rings. The number of halogens is 1. The summed E-state index contributed by atoms with van der Waals surface area (Å²) in [6.07, 6.45) is 1.66. The molecule has 4 rings (SSSR count). The highest BCUT2D eigenvalue weighted by atomic mass is 79.9. The zero-order valence-electron chi connectivity index (χ0n) is 13.6. The number of hydrogen-bond donors (Lipinski definition) is 0. The van der Waals surface area contributed by atoms with Crippen LogP contribution >= 0.6 is 27.3 Å². The van der Waals surface area contributed by atoms with Gasteiger partial charge in [0.15, 0.2) is 5.76 Å². The van der Waals surface area contributed by atoms with Crippen LogP contribution in [0.15, 0.2) is 75.1 Å². The average Bonchev–Trinajstić information content (AvgIpc) is 3.24. The van der Waals surface area contributed by atoms with Crippen molar-refractivity contribution in [1.29, 1.82) is 0 Å².